The largest absolute Gasteiger partial charge is 0.489 e. The van der Waals surface area contributed by atoms with Gasteiger partial charge in [0.1, 0.15) is 12.4 Å². The molecule has 0 aromatic heterocycles. The molecule has 0 spiro atoms. The van der Waals surface area contributed by atoms with E-state index in [1.165, 1.54) is 12.8 Å². The van der Waals surface area contributed by atoms with Crippen molar-refractivity contribution in [2.24, 2.45) is 5.92 Å². The molecule has 0 unspecified atom stereocenters. The van der Waals surface area contributed by atoms with Crippen LogP contribution in [-0.4, -0.2) is 49.8 Å². The molecule has 0 aliphatic carbocycles. The second-order valence-corrected chi connectivity index (χ2v) is 10.5. The maximum Gasteiger partial charge on any atom is 0.243 e. The van der Waals surface area contributed by atoms with Crippen LogP contribution in [0, 0.1) is 5.92 Å². The Morgan fingerprint density at radius 3 is 2.13 bits per heavy atom. The van der Waals surface area contributed by atoms with E-state index >= 15 is 0 Å². The number of sulfonamides is 1. The summed E-state index contributed by atoms with van der Waals surface area (Å²) in [5, 5.41) is 0. The molecule has 2 aromatic carbocycles. The highest BCUT2D eigenvalue weighted by molar-refractivity contribution is 7.89. The minimum Gasteiger partial charge on any atom is -0.489 e. The van der Waals surface area contributed by atoms with E-state index in [2.05, 4.69) is 11.8 Å². The van der Waals surface area contributed by atoms with Crippen LogP contribution in [-0.2, 0) is 16.6 Å². The molecule has 0 radical (unpaired) electrons. The second-order valence-electron chi connectivity index (χ2n) is 8.60. The number of hydrogen-bond donors (Lipinski definition) is 0. The summed E-state index contributed by atoms with van der Waals surface area (Å²) >= 11 is 0. The third-order valence-corrected chi connectivity index (χ3v) is 8.38. The van der Waals surface area contributed by atoms with Crippen LogP contribution in [0.4, 0.5) is 0 Å². The summed E-state index contributed by atoms with van der Waals surface area (Å²) in [6.45, 7) is 6.31. The molecule has 2 heterocycles. The maximum absolute atomic E-state index is 13.1. The molecular weight excluding hydrogens is 396 g/mol. The minimum absolute atomic E-state index is 0.347. The van der Waals surface area contributed by atoms with Crippen LogP contribution < -0.4 is 4.74 Å². The number of likely N-dealkylation sites (tertiary alicyclic amines) is 1. The number of piperidine rings is 2. The molecule has 5 nitrogen and oxygen atoms in total. The van der Waals surface area contributed by atoms with Crippen LogP contribution in [0.25, 0.3) is 0 Å². The van der Waals surface area contributed by atoms with Crippen LogP contribution in [0.5, 0.6) is 5.75 Å². The predicted molar refractivity (Wildman–Crippen MR) is 119 cm³/mol. The standard InChI is InChI=1S/C24H32N2O3S/c1-20-11-15-25(16-12-20)22-13-17-26(18-14-22)30(27,28)24-9-7-23(8-10-24)29-19-21-5-3-2-4-6-21/h2-10,20,22H,11-19H2,1H3. The lowest BCUT2D eigenvalue weighted by atomic mass is 9.95. The third kappa shape index (κ3) is 5.05. The smallest absolute Gasteiger partial charge is 0.243 e. The number of benzene rings is 2. The van der Waals surface area contributed by atoms with Gasteiger partial charge in [-0.1, -0.05) is 37.3 Å². The highest BCUT2D eigenvalue weighted by Gasteiger charge is 2.32. The highest BCUT2D eigenvalue weighted by Crippen LogP contribution is 2.27. The van der Waals surface area contributed by atoms with E-state index in [0.29, 0.717) is 36.4 Å². The Kier molecular flexibility index (Phi) is 6.76. The summed E-state index contributed by atoms with van der Waals surface area (Å²) in [4.78, 5) is 2.92. The lowest BCUT2D eigenvalue weighted by Crippen LogP contribution is -2.48. The van der Waals surface area contributed by atoms with E-state index in [9.17, 15) is 8.42 Å². The van der Waals surface area contributed by atoms with Crippen molar-refractivity contribution in [3.8, 4) is 5.75 Å². The molecule has 0 atom stereocenters. The van der Waals surface area contributed by atoms with Crippen LogP contribution in [0.15, 0.2) is 59.5 Å². The first-order valence-electron chi connectivity index (χ1n) is 11.0. The molecule has 4 rings (SSSR count). The molecule has 0 amide bonds. The number of rotatable bonds is 6. The first-order valence-corrected chi connectivity index (χ1v) is 12.5. The minimum atomic E-state index is -3.45. The molecule has 0 bridgehead atoms. The van der Waals surface area contributed by atoms with Gasteiger partial charge in [0, 0.05) is 19.1 Å². The Morgan fingerprint density at radius 2 is 1.50 bits per heavy atom. The van der Waals surface area contributed by atoms with Gasteiger partial charge in [-0.2, -0.15) is 4.31 Å². The summed E-state index contributed by atoms with van der Waals surface area (Å²) in [6, 6.07) is 17.3. The number of hydrogen-bond acceptors (Lipinski definition) is 4. The van der Waals surface area contributed by atoms with Gasteiger partial charge in [-0.25, -0.2) is 8.42 Å². The fourth-order valence-electron chi connectivity index (χ4n) is 4.44. The average Bonchev–Trinajstić information content (AvgIpc) is 2.79. The Balaban J connectivity index is 1.32. The third-order valence-electron chi connectivity index (χ3n) is 6.47. The van der Waals surface area contributed by atoms with E-state index in [0.717, 1.165) is 37.4 Å². The zero-order valence-corrected chi connectivity index (χ0v) is 18.6. The van der Waals surface area contributed by atoms with E-state index in [-0.39, 0.29) is 0 Å². The zero-order valence-electron chi connectivity index (χ0n) is 17.7. The summed E-state index contributed by atoms with van der Waals surface area (Å²) in [5.41, 5.74) is 1.08. The van der Waals surface area contributed by atoms with E-state index in [4.69, 9.17) is 4.74 Å². The molecule has 2 aliphatic heterocycles. The topological polar surface area (TPSA) is 49.9 Å². The Labute approximate surface area is 180 Å². The lowest BCUT2D eigenvalue weighted by molar-refractivity contribution is 0.101. The molecule has 0 N–H and O–H groups in total. The van der Waals surface area contributed by atoms with E-state index in [1.807, 2.05) is 30.3 Å². The summed E-state index contributed by atoms with van der Waals surface area (Å²) in [6.07, 6.45) is 4.37. The van der Waals surface area contributed by atoms with Crippen molar-refractivity contribution in [2.45, 2.75) is 50.2 Å². The zero-order chi connectivity index (χ0) is 21.0. The van der Waals surface area contributed by atoms with Crippen molar-refractivity contribution in [3.05, 3.63) is 60.2 Å². The normalized spacial score (nSPS) is 20.3. The fraction of sp³-hybridized carbons (Fsp3) is 0.500. The molecule has 2 fully saturated rings. The summed E-state index contributed by atoms with van der Waals surface area (Å²) < 4.78 is 33.6. The Bertz CT molecular complexity index is 899. The van der Waals surface area contributed by atoms with Gasteiger partial charge in [0.25, 0.3) is 0 Å². The first kappa shape index (κ1) is 21.3. The number of ether oxygens (including phenoxy) is 1. The van der Waals surface area contributed by atoms with Crippen molar-refractivity contribution < 1.29 is 13.2 Å². The van der Waals surface area contributed by atoms with Crippen LogP contribution >= 0.6 is 0 Å². The van der Waals surface area contributed by atoms with E-state index in [1.54, 1.807) is 28.6 Å². The SMILES string of the molecule is CC1CCN(C2CCN(S(=O)(=O)c3ccc(OCc4ccccc4)cc3)CC2)CC1. The van der Waals surface area contributed by atoms with Gasteiger partial charge in [0.2, 0.25) is 10.0 Å². The summed E-state index contributed by atoms with van der Waals surface area (Å²) in [5.74, 6) is 1.50. The van der Waals surface area contributed by atoms with Gasteiger partial charge in [-0.3, -0.25) is 0 Å². The highest BCUT2D eigenvalue weighted by atomic mass is 32.2. The van der Waals surface area contributed by atoms with Crippen molar-refractivity contribution in [1.29, 1.82) is 0 Å². The molecular formula is C24H32N2O3S. The molecule has 2 saturated heterocycles. The van der Waals surface area contributed by atoms with Crippen LogP contribution in [0.2, 0.25) is 0 Å². The monoisotopic (exact) mass is 428 g/mol. The molecule has 6 heteroatoms. The van der Waals surface area contributed by atoms with Crippen molar-refractivity contribution in [2.75, 3.05) is 26.2 Å². The average molecular weight is 429 g/mol. The van der Waals surface area contributed by atoms with Gasteiger partial charge in [-0.05, 0) is 74.5 Å². The summed E-state index contributed by atoms with van der Waals surface area (Å²) in [7, 11) is -3.45. The van der Waals surface area contributed by atoms with Crippen LogP contribution in [0.3, 0.4) is 0 Å². The Hall–Kier alpha value is -1.89. The molecule has 0 saturated carbocycles. The van der Waals surface area contributed by atoms with Crippen molar-refractivity contribution in [3.63, 3.8) is 0 Å². The quantitative estimate of drug-likeness (QED) is 0.694. The lowest BCUT2D eigenvalue weighted by Gasteiger charge is -2.41. The molecule has 2 aliphatic rings. The Morgan fingerprint density at radius 1 is 0.867 bits per heavy atom. The van der Waals surface area contributed by atoms with E-state index < -0.39 is 10.0 Å². The molecule has 30 heavy (non-hydrogen) atoms. The second kappa shape index (κ2) is 9.50. The van der Waals surface area contributed by atoms with Gasteiger partial charge < -0.3 is 9.64 Å². The predicted octanol–water partition coefficient (Wildman–Crippen LogP) is 4.15. The van der Waals surface area contributed by atoms with Gasteiger partial charge in [0.05, 0.1) is 4.90 Å². The molecule has 162 valence electrons. The maximum atomic E-state index is 13.1. The first-order chi connectivity index (χ1) is 14.5. The van der Waals surface area contributed by atoms with Gasteiger partial charge in [-0.15, -0.1) is 0 Å². The van der Waals surface area contributed by atoms with Gasteiger partial charge in [0.15, 0.2) is 0 Å². The van der Waals surface area contributed by atoms with Crippen molar-refractivity contribution >= 4 is 10.0 Å². The number of nitrogens with zero attached hydrogens (tertiary/aromatic N) is 2. The fourth-order valence-corrected chi connectivity index (χ4v) is 5.91. The van der Waals surface area contributed by atoms with Crippen molar-refractivity contribution in [1.82, 2.24) is 9.21 Å². The molecule has 2 aromatic rings. The van der Waals surface area contributed by atoms with Gasteiger partial charge >= 0.3 is 0 Å². The van der Waals surface area contributed by atoms with Crippen LogP contribution in [0.1, 0.15) is 38.2 Å².